The highest BCUT2D eigenvalue weighted by molar-refractivity contribution is 5.95. The Bertz CT molecular complexity index is 520. The maximum Gasteiger partial charge on any atom is 0.335 e. The summed E-state index contributed by atoms with van der Waals surface area (Å²) in [5.41, 5.74) is -1.84. The molecule has 0 saturated heterocycles. The highest BCUT2D eigenvalue weighted by Crippen LogP contribution is 2.26. The largest absolute Gasteiger partial charge is 0.550 e. The fourth-order valence-corrected chi connectivity index (χ4v) is 2.66. The first-order chi connectivity index (χ1) is 11.4. The van der Waals surface area contributed by atoms with Crippen molar-refractivity contribution in [1.82, 2.24) is 0 Å². The molecular weight excluding hydrogens is 326 g/mol. The number of carbonyl (C=O) groups excluding carboxylic acids is 3. The van der Waals surface area contributed by atoms with Crippen molar-refractivity contribution >= 4 is 17.7 Å². The van der Waals surface area contributed by atoms with Crippen molar-refractivity contribution in [2.75, 3.05) is 27.7 Å². The number of Topliss-reactive ketones (excluding diaryl/α,β-unsaturated/α-hetero) is 1. The molecule has 0 rings (SSSR count). The molecule has 7 heteroatoms. The van der Waals surface area contributed by atoms with Gasteiger partial charge in [0.05, 0.1) is 33.0 Å². The molecule has 1 N–H and O–H groups in total. The molecule has 144 valence electrons. The Labute approximate surface area is 149 Å². The van der Waals surface area contributed by atoms with E-state index < -0.39 is 35.7 Å². The third-order valence-electron chi connectivity index (χ3n) is 3.76. The van der Waals surface area contributed by atoms with Crippen LogP contribution >= 0.6 is 0 Å². The number of allylic oxidation sites excluding steroid dienone is 1. The molecule has 0 radical (unpaired) electrons. The fraction of sp³-hybridized carbons (Fsp3) is 0.722. The van der Waals surface area contributed by atoms with Gasteiger partial charge in [-0.1, -0.05) is 20.8 Å². The minimum atomic E-state index is -1.84. The summed E-state index contributed by atoms with van der Waals surface area (Å²) in [5.74, 6) is -3.51. The second-order valence-corrected chi connectivity index (χ2v) is 7.47. The van der Waals surface area contributed by atoms with Gasteiger partial charge in [-0.3, -0.25) is 4.79 Å². The van der Waals surface area contributed by atoms with Crippen LogP contribution in [-0.4, -0.2) is 60.6 Å². The number of nitrogens with zero attached hydrogens (tertiary/aromatic N) is 1. The molecule has 7 nitrogen and oxygen atoms in total. The first kappa shape index (κ1) is 23.1. The normalized spacial score (nSPS) is 16.0. The van der Waals surface area contributed by atoms with Crippen LogP contribution in [0, 0.1) is 5.92 Å². The lowest BCUT2D eigenvalue weighted by Crippen LogP contribution is -2.59. The SMILES string of the molecule is CCCC(O)=CC(=O)OC(CC(=O)[O-])(C[N+](C)(C)C)C(=O)C(C)CC. The standard InChI is InChI=1S/C18H31NO6/c1-7-9-14(20)10-16(23)25-18(11-15(21)22,12-19(4,5)6)17(24)13(3)8-2/h10,13H,7-9,11-12H2,1-6H3,(H-,20,21,22,23). The van der Waals surface area contributed by atoms with E-state index in [9.17, 15) is 24.6 Å². The van der Waals surface area contributed by atoms with Gasteiger partial charge >= 0.3 is 5.97 Å². The zero-order chi connectivity index (χ0) is 19.8. The number of carbonyl (C=O) groups is 3. The molecule has 2 unspecified atom stereocenters. The molecule has 2 atom stereocenters. The van der Waals surface area contributed by atoms with Gasteiger partial charge in [-0.25, -0.2) is 4.79 Å². The van der Waals surface area contributed by atoms with E-state index in [0.29, 0.717) is 12.8 Å². The van der Waals surface area contributed by atoms with E-state index in [4.69, 9.17) is 4.74 Å². The van der Waals surface area contributed by atoms with Crippen LogP contribution in [0.4, 0.5) is 0 Å². The summed E-state index contributed by atoms with van der Waals surface area (Å²) < 4.78 is 5.58. The summed E-state index contributed by atoms with van der Waals surface area (Å²) in [6.45, 7) is 5.28. The van der Waals surface area contributed by atoms with Gasteiger partial charge in [0.15, 0.2) is 5.78 Å². The Morgan fingerprint density at radius 1 is 1.24 bits per heavy atom. The van der Waals surface area contributed by atoms with E-state index in [1.165, 1.54) is 0 Å². The number of carboxylic acids is 1. The smallest absolute Gasteiger partial charge is 0.335 e. The van der Waals surface area contributed by atoms with Crippen molar-refractivity contribution in [3.63, 3.8) is 0 Å². The molecule has 0 bridgehead atoms. The van der Waals surface area contributed by atoms with Gasteiger partial charge in [0.25, 0.3) is 0 Å². The molecule has 25 heavy (non-hydrogen) atoms. The summed E-state index contributed by atoms with van der Waals surface area (Å²) in [5, 5.41) is 21.0. The van der Waals surface area contributed by atoms with Crippen LogP contribution in [0.1, 0.15) is 46.5 Å². The van der Waals surface area contributed by atoms with Gasteiger partial charge in [0.2, 0.25) is 5.60 Å². The zero-order valence-electron chi connectivity index (χ0n) is 16.1. The first-order valence-corrected chi connectivity index (χ1v) is 8.54. The zero-order valence-corrected chi connectivity index (χ0v) is 16.1. The van der Waals surface area contributed by atoms with Crippen LogP contribution in [0.5, 0.6) is 0 Å². The number of aliphatic carboxylic acids is 1. The summed E-state index contributed by atoms with van der Waals surface area (Å²) >= 11 is 0. The Hall–Kier alpha value is -1.89. The number of aliphatic hydroxyl groups excluding tert-OH is 1. The van der Waals surface area contributed by atoms with Gasteiger partial charge in [0.1, 0.15) is 6.54 Å². The van der Waals surface area contributed by atoms with Crippen molar-refractivity contribution in [3.8, 4) is 0 Å². The molecule has 0 aromatic carbocycles. The van der Waals surface area contributed by atoms with E-state index in [2.05, 4.69) is 0 Å². The number of carboxylic acid groups (broad SMARTS) is 1. The molecule has 0 amide bonds. The Morgan fingerprint density at radius 2 is 1.80 bits per heavy atom. The number of ketones is 1. The Kier molecular flexibility index (Phi) is 8.83. The predicted octanol–water partition coefficient (Wildman–Crippen LogP) is 0.972. The van der Waals surface area contributed by atoms with E-state index in [1.807, 2.05) is 6.92 Å². The van der Waals surface area contributed by atoms with Crippen molar-refractivity contribution in [2.24, 2.45) is 5.92 Å². The number of aliphatic hydroxyl groups is 1. The number of hydrogen-bond acceptors (Lipinski definition) is 6. The number of likely N-dealkylation sites (N-methyl/N-ethyl adjacent to an activating group) is 1. The highest BCUT2D eigenvalue weighted by Gasteiger charge is 2.48. The molecule has 0 heterocycles. The highest BCUT2D eigenvalue weighted by atomic mass is 16.6. The Balaban J connectivity index is 5.89. The number of hydrogen-bond donors (Lipinski definition) is 1. The van der Waals surface area contributed by atoms with Crippen LogP contribution in [0.3, 0.4) is 0 Å². The van der Waals surface area contributed by atoms with Crippen molar-refractivity contribution < 1.29 is 33.8 Å². The monoisotopic (exact) mass is 357 g/mol. The molecular formula is C18H31NO6. The quantitative estimate of drug-likeness (QED) is 0.256. The van der Waals surface area contributed by atoms with Crippen LogP contribution in [0.15, 0.2) is 11.8 Å². The fourth-order valence-electron chi connectivity index (χ4n) is 2.66. The maximum absolute atomic E-state index is 12.9. The van der Waals surface area contributed by atoms with Gasteiger partial charge < -0.3 is 24.2 Å². The number of ether oxygens (including phenoxy) is 1. The summed E-state index contributed by atoms with van der Waals surface area (Å²) in [4.78, 5) is 36.4. The molecule has 0 aliphatic carbocycles. The summed E-state index contributed by atoms with van der Waals surface area (Å²) in [6.07, 6.45) is 1.58. The predicted molar refractivity (Wildman–Crippen MR) is 91.4 cm³/mol. The molecule has 0 fully saturated rings. The van der Waals surface area contributed by atoms with E-state index in [1.54, 1.807) is 35.0 Å². The van der Waals surface area contributed by atoms with E-state index in [-0.39, 0.29) is 23.2 Å². The van der Waals surface area contributed by atoms with Gasteiger partial charge in [-0.05, 0) is 12.8 Å². The second-order valence-electron chi connectivity index (χ2n) is 7.47. The lowest BCUT2D eigenvalue weighted by atomic mass is 9.84. The van der Waals surface area contributed by atoms with Gasteiger partial charge in [-0.15, -0.1) is 0 Å². The maximum atomic E-state index is 12.9. The lowest BCUT2D eigenvalue weighted by Gasteiger charge is -2.38. The van der Waals surface area contributed by atoms with Crippen LogP contribution in [-0.2, 0) is 19.1 Å². The van der Waals surface area contributed by atoms with Crippen LogP contribution in [0.2, 0.25) is 0 Å². The number of rotatable bonds is 11. The molecule has 0 aromatic rings. The molecule has 0 saturated carbocycles. The van der Waals surface area contributed by atoms with Gasteiger partial charge in [0, 0.05) is 24.7 Å². The lowest BCUT2D eigenvalue weighted by molar-refractivity contribution is -0.875. The Morgan fingerprint density at radius 3 is 2.20 bits per heavy atom. The third-order valence-corrected chi connectivity index (χ3v) is 3.76. The topological polar surface area (TPSA) is 104 Å². The van der Waals surface area contributed by atoms with E-state index >= 15 is 0 Å². The summed E-state index contributed by atoms with van der Waals surface area (Å²) in [7, 11) is 5.31. The molecule has 0 aliphatic rings. The average Bonchev–Trinajstić information content (AvgIpc) is 2.42. The number of esters is 1. The molecule has 0 spiro atoms. The average molecular weight is 357 g/mol. The molecule has 0 aliphatic heterocycles. The minimum absolute atomic E-state index is 0.0156. The van der Waals surface area contributed by atoms with Crippen LogP contribution in [0.25, 0.3) is 0 Å². The third kappa shape index (κ3) is 8.16. The first-order valence-electron chi connectivity index (χ1n) is 8.54. The van der Waals surface area contributed by atoms with Crippen molar-refractivity contribution in [1.29, 1.82) is 0 Å². The summed E-state index contributed by atoms with van der Waals surface area (Å²) in [6, 6.07) is 0. The molecule has 0 aromatic heterocycles. The van der Waals surface area contributed by atoms with Crippen molar-refractivity contribution in [2.45, 2.75) is 52.1 Å². The van der Waals surface area contributed by atoms with Crippen molar-refractivity contribution in [3.05, 3.63) is 11.8 Å². The number of quaternary nitrogens is 1. The second kappa shape index (κ2) is 9.56. The van der Waals surface area contributed by atoms with E-state index in [0.717, 1.165) is 6.08 Å². The minimum Gasteiger partial charge on any atom is -0.550 e. The van der Waals surface area contributed by atoms with Crippen LogP contribution < -0.4 is 5.11 Å². The van der Waals surface area contributed by atoms with Gasteiger partial charge in [-0.2, -0.15) is 0 Å².